The highest BCUT2D eigenvalue weighted by atomic mass is 79.9. The topological polar surface area (TPSA) is 33.4 Å². The van der Waals surface area contributed by atoms with Crippen molar-refractivity contribution in [2.24, 2.45) is 0 Å². The highest BCUT2D eigenvalue weighted by Gasteiger charge is 2.12. The van der Waals surface area contributed by atoms with Crippen LogP contribution in [0.4, 0.5) is 0 Å². The number of hydrogen-bond donors (Lipinski definition) is 1. The minimum Gasteiger partial charge on any atom is -0.508 e. The molecule has 0 bridgehead atoms. The number of phenols is 1. The maximum atomic E-state index is 9.31. The number of phenolic OH excluding ortho intramolecular Hbond substituents is 1. The molecule has 90 valence electrons. The van der Waals surface area contributed by atoms with Crippen molar-refractivity contribution in [1.29, 1.82) is 0 Å². The van der Waals surface area contributed by atoms with Gasteiger partial charge in [-0.1, -0.05) is 15.9 Å². The van der Waals surface area contributed by atoms with E-state index in [0.717, 1.165) is 32.3 Å². The summed E-state index contributed by atoms with van der Waals surface area (Å²) in [6.07, 6.45) is 0. The molecule has 0 fully saturated rings. The van der Waals surface area contributed by atoms with Crippen molar-refractivity contribution in [2.75, 3.05) is 0 Å². The van der Waals surface area contributed by atoms with Crippen LogP contribution in [-0.2, 0) is 0 Å². The predicted molar refractivity (Wildman–Crippen MR) is 75.8 cm³/mol. The minimum absolute atomic E-state index is 0.259. The van der Waals surface area contributed by atoms with Gasteiger partial charge in [0.05, 0.1) is 0 Å². The van der Waals surface area contributed by atoms with Crippen molar-refractivity contribution in [2.45, 2.75) is 6.92 Å². The second-order valence-corrected chi connectivity index (χ2v) is 5.16. The SMILES string of the molecule is Cc1c(-c2ccc(O)cc2)oc2ccc(Br)cc12. The molecule has 0 amide bonds. The van der Waals surface area contributed by atoms with Gasteiger partial charge in [0.1, 0.15) is 17.1 Å². The molecule has 0 atom stereocenters. The van der Waals surface area contributed by atoms with Crippen molar-refractivity contribution in [1.82, 2.24) is 0 Å². The Morgan fingerprint density at radius 2 is 1.78 bits per heavy atom. The quantitative estimate of drug-likeness (QED) is 0.695. The number of hydrogen-bond acceptors (Lipinski definition) is 2. The Morgan fingerprint density at radius 3 is 2.50 bits per heavy atom. The van der Waals surface area contributed by atoms with Gasteiger partial charge in [0, 0.05) is 21.0 Å². The van der Waals surface area contributed by atoms with E-state index in [-0.39, 0.29) is 5.75 Å². The number of rotatable bonds is 1. The van der Waals surface area contributed by atoms with Crippen LogP contribution in [0.2, 0.25) is 0 Å². The van der Waals surface area contributed by atoms with Crippen LogP contribution in [0, 0.1) is 6.92 Å². The predicted octanol–water partition coefficient (Wildman–Crippen LogP) is 4.88. The molecule has 1 aromatic heterocycles. The Morgan fingerprint density at radius 1 is 1.06 bits per heavy atom. The summed E-state index contributed by atoms with van der Waals surface area (Å²) in [5, 5.41) is 10.4. The molecule has 2 nitrogen and oxygen atoms in total. The summed E-state index contributed by atoms with van der Waals surface area (Å²) in [6, 6.07) is 13.0. The van der Waals surface area contributed by atoms with Crippen LogP contribution >= 0.6 is 15.9 Å². The van der Waals surface area contributed by atoms with Crippen molar-refractivity contribution in [3.05, 3.63) is 52.5 Å². The lowest BCUT2D eigenvalue weighted by Gasteiger charge is -1.98. The number of furan rings is 1. The molecule has 0 aliphatic rings. The van der Waals surface area contributed by atoms with Gasteiger partial charge in [0.15, 0.2) is 0 Å². The zero-order valence-electron chi connectivity index (χ0n) is 9.77. The number of aryl methyl sites for hydroxylation is 1. The van der Waals surface area contributed by atoms with E-state index in [1.165, 1.54) is 0 Å². The summed E-state index contributed by atoms with van der Waals surface area (Å²) in [4.78, 5) is 0. The fourth-order valence-electron chi connectivity index (χ4n) is 2.08. The molecule has 2 aromatic carbocycles. The van der Waals surface area contributed by atoms with Crippen molar-refractivity contribution in [3.8, 4) is 17.1 Å². The molecule has 0 saturated heterocycles. The molecular weight excluding hydrogens is 292 g/mol. The summed E-state index contributed by atoms with van der Waals surface area (Å²) >= 11 is 3.47. The maximum Gasteiger partial charge on any atom is 0.138 e. The number of halogens is 1. The van der Waals surface area contributed by atoms with E-state index >= 15 is 0 Å². The van der Waals surface area contributed by atoms with E-state index in [1.807, 2.05) is 31.2 Å². The van der Waals surface area contributed by atoms with E-state index in [2.05, 4.69) is 22.0 Å². The Balaban J connectivity index is 2.23. The maximum absolute atomic E-state index is 9.31. The second kappa shape index (κ2) is 4.18. The van der Waals surface area contributed by atoms with Crippen LogP contribution < -0.4 is 0 Å². The molecule has 0 aliphatic carbocycles. The lowest BCUT2D eigenvalue weighted by Crippen LogP contribution is -1.76. The van der Waals surface area contributed by atoms with Gasteiger partial charge in [0.25, 0.3) is 0 Å². The van der Waals surface area contributed by atoms with Gasteiger partial charge < -0.3 is 9.52 Å². The van der Waals surface area contributed by atoms with Crippen LogP contribution in [0.3, 0.4) is 0 Å². The normalized spacial score (nSPS) is 11.0. The van der Waals surface area contributed by atoms with Crippen molar-refractivity contribution >= 4 is 26.9 Å². The summed E-state index contributed by atoms with van der Waals surface area (Å²) < 4.78 is 6.92. The Hall–Kier alpha value is -1.74. The number of aromatic hydroxyl groups is 1. The molecule has 1 heterocycles. The Kier molecular flexibility index (Phi) is 2.63. The third kappa shape index (κ3) is 1.81. The Labute approximate surface area is 113 Å². The van der Waals surface area contributed by atoms with Crippen LogP contribution in [0.5, 0.6) is 5.75 Å². The molecule has 3 rings (SSSR count). The van der Waals surface area contributed by atoms with Gasteiger partial charge in [-0.3, -0.25) is 0 Å². The molecule has 3 aromatic rings. The zero-order chi connectivity index (χ0) is 12.7. The standard InChI is InChI=1S/C15H11BrO2/c1-9-13-8-11(16)4-7-14(13)18-15(9)10-2-5-12(17)6-3-10/h2-8,17H,1H3. The summed E-state index contributed by atoms with van der Waals surface area (Å²) in [7, 11) is 0. The first-order valence-corrected chi connectivity index (χ1v) is 6.42. The molecule has 0 radical (unpaired) electrons. The zero-order valence-corrected chi connectivity index (χ0v) is 11.4. The molecule has 18 heavy (non-hydrogen) atoms. The van der Waals surface area contributed by atoms with Gasteiger partial charge >= 0.3 is 0 Å². The molecule has 0 spiro atoms. The van der Waals surface area contributed by atoms with Gasteiger partial charge in [-0.25, -0.2) is 0 Å². The third-order valence-electron chi connectivity index (χ3n) is 3.03. The van der Waals surface area contributed by atoms with Crippen molar-refractivity contribution < 1.29 is 9.52 Å². The first-order chi connectivity index (χ1) is 8.65. The average molecular weight is 303 g/mol. The first-order valence-electron chi connectivity index (χ1n) is 5.63. The summed E-state index contributed by atoms with van der Waals surface area (Å²) in [5.74, 6) is 1.11. The average Bonchev–Trinajstić information content (AvgIpc) is 2.68. The lowest BCUT2D eigenvalue weighted by atomic mass is 10.1. The first kappa shape index (κ1) is 11.4. The molecular formula is C15H11BrO2. The molecule has 0 aliphatic heterocycles. The lowest BCUT2D eigenvalue weighted by molar-refractivity contribution is 0.475. The third-order valence-corrected chi connectivity index (χ3v) is 3.52. The number of fused-ring (bicyclic) bond motifs is 1. The smallest absolute Gasteiger partial charge is 0.138 e. The largest absolute Gasteiger partial charge is 0.508 e. The van der Waals surface area contributed by atoms with Gasteiger partial charge in [-0.05, 0) is 49.4 Å². The van der Waals surface area contributed by atoms with Gasteiger partial charge in [-0.2, -0.15) is 0 Å². The van der Waals surface area contributed by atoms with E-state index in [4.69, 9.17) is 4.42 Å². The Bertz CT molecular complexity index is 711. The highest BCUT2D eigenvalue weighted by Crippen LogP contribution is 2.34. The van der Waals surface area contributed by atoms with Gasteiger partial charge in [-0.15, -0.1) is 0 Å². The van der Waals surface area contributed by atoms with E-state index in [9.17, 15) is 5.11 Å². The van der Waals surface area contributed by atoms with E-state index in [0.29, 0.717) is 0 Å². The van der Waals surface area contributed by atoms with E-state index < -0.39 is 0 Å². The monoisotopic (exact) mass is 302 g/mol. The number of benzene rings is 2. The van der Waals surface area contributed by atoms with Crippen LogP contribution in [-0.4, -0.2) is 5.11 Å². The van der Waals surface area contributed by atoms with Gasteiger partial charge in [0.2, 0.25) is 0 Å². The van der Waals surface area contributed by atoms with Crippen LogP contribution in [0.15, 0.2) is 51.4 Å². The fourth-order valence-corrected chi connectivity index (χ4v) is 2.44. The van der Waals surface area contributed by atoms with Crippen LogP contribution in [0.1, 0.15) is 5.56 Å². The summed E-state index contributed by atoms with van der Waals surface area (Å²) in [5.41, 5.74) is 2.95. The minimum atomic E-state index is 0.259. The fraction of sp³-hybridized carbons (Fsp3) is 0.0667. The molecule has 1 N–H and O–H groups in total. The molecule has 0 unspecified atom stereocenters. The second-order valence-electron chi connectivity index (χ2n) is 4.24. The van der Waals surface area contributed by atoms with Crippen LogP contribution in [0.25, 0.3) is 22.3 Å². The molecule has 0 saturated carbocycles. The van der Waals surface area contributed by atoms with E-state index in [1.54, 1.807) is 12.1 Å². The van der Waals surface area contributed by atoms with Crippen molar-refractivity contribution in [3.63, 3.8) is 0 Å². The molecule has 3 heteroatoms. The highest BCUT2D eigenvalue weighted by molar-refractivity contribution is 9.10. The summed E-state index contributed by atoms with van der Waals surface area (Å²) in [6.45, 7) is 2.04.